The average Bonchev–Trinajstić information content (AvgIpc) is 2.66. The van der Waals surface area contributed by atoms with E-state index in [0.29, 0.717) is 22.8 Å². The number of methoxy groups -OCH3 is 1. The number of nitrogens with one attached hydrogen (secondary N) is 1. The van der Waals surface area contributed by atoms with Gasteiger partial charge in [-0.25, -0.2) is 8.42 Å². The molecule has 9 heteroatoms. The highest BCUT2D eigenvalue weighted by atomic mass is 32.2. The summed E-state index contributed by atoms with van der Waals surface area (Å²) in [6, 6.07) is 12.2. The third-order valence-electron chi connectivity index (χ3n) is 4.43. The molecule has 1 aliphatic rings. The predicted octanol–water partition coefficient (Wildman–Crippen LogP) is 1.83. The average molecular weight is 403 g/mol. The van der Waals surface area contributed by atoms with Crippen molar-refractivity contribution in [1.82, 2.24) is 0 Å². The van der Waals surface area contributed by atoms with Crippen molar-refractivity contribution in [3.05, 3.63) is 48.5 Å². The fraction of sp³-hybridized carbons (Fsp3) is 0.263. The van der Waals surface area contributed by atoms with E-state index in [-0.39, 0.29) is 12.5 Å². The zero-order valence-electron chi connectivity index (χ0n) is 15.7. The van der Waals surface area contributed by atoms with Crippen LogP contribution in [-0.2, 0) is 19.6 Å². The van der Waals surface area contributed by atoms with E-state index < -0.39 is 22.0 Å². The molecule has 2 amide bonds. The fourth-order valence-electron chi connectivity index (χ4n) is 3.19. The van der Waals surface area contributed by atoms with E-state index in [2.05, 4.69) is 5.32 Å². The number of anilines is 3. The van der Waals surface area contributed by atoms with Gasteiger partial charge in [-0.3, -0.25) is 18.8 Å². The fourth-order valence-corrected chi connectivity index (χ4v) is 4.36. The van der Waals surface area contributed by atoms with E-state index in [0.717, 1.165) is 10.6 Å². The third-order valence-corrected chi connectivity index (χ3v) is 5.67. The number of para-hydroxylation sites is 2. The number of benzene rings is 2. The van der Waals surface area contributed by atoms with Gasteiger partial charge in [0.15, 0.2) is 0 Å². The van der Waals surface area contributed by atoms with Crippen LogP contribution in [0.3, 0.4) is 0 Å². The first-order valence-corrected chi connectivity index (χ1v) is 10.4. The van der Waals surface area contributed by atoms with Crippen LogP contribution in [-0.4, -0.2) is 46.2 Å². The van der Waals surface area contributed by atoms with Crippen molar-refractivity contribution in [3.8, 4) is 5.75 Å². The van der Waals surface area contributed by atoms with Crippen molar-refractivity contribution in [1.29, 1.82) is 0 Å². The summed E-state index contributed by atoms with van der Waals surface area (Å²) in [6.07, 6.45) is 1.04. The van der Waals surface area contributed by atoms with Crippen LogP contribution in [0, 0.1) is 0 Å². The lowest BCUT2D eigenvalue weighted by Crippen LogP contribution is -2.52. The van der Waals surface area contributed by atoms with E-state index in [1.54, 1.807) is 48.5 Å². The third kappa shape index (κ3) is 3.79. The summed E-state index contributed by atoms with van der Waals surface area (Å²) in [5, 5.41) is 2.71. The highest BCUT2D eigenvalue weighted by molar-refractivity contribution is 7.92. The Labute approximate surface area is 163 Å². The molecule has 0 saturated carbocycles. The van der Waals surface area contributed by atoms with Gasteiger partial charge in [0.25, 0.3) is 5.91 Å². The van der Waals surface area contributed by atoms with Gasteiger partial charge < -0.3 is 10.1 Å². The molecule has 2 aromatic rings. The van der Waals surface area contributed by atoms with Crippen molar-refractivity contribution in [2.24, 2.45) is 0 Å². The first kappa shape index (κ1) is 19.7. The zero-order chi connectivity index (χ0) is 20.5. The Bertz CT molecular complexity index is 1000. The Balaban J connectivity index is 1.98. The molecule has 2 aromatic carbocycles. The van der Waals surface area contributed by atoms with Gasteiger partial charge in [0.1, 0.15) is 18.3 Å². The normalized spacial score (nSPS) is 14.7. The second-order valence-corrected chi connectivity index (χ2v) is 8.28. The summed E-state index contributed by atoms with van der Waals surface area (Å²) < 4.78 is 31.1. The van der Waals surface area contributed by atoms with Crippen LogP contribution in [0.25, 0.3) is 0 Å². The predicted molar refractivity (Wildman–Crippen MR) is 107 cm³/mol. The Morgan fingerprint density at radius 2 is 1.82 bits per heavy atom. The van der Waals surface area contributed by atoms with E-state index in [1.807, 2.05) is 0 Å². The van der Waals surface area contributed by atoms with Gasteiger partial charge >= 0.3 is 0 Å². The van der Waals surface area contributed by atoms with Crippen molar-refractivity contribution < 1.29 is 22.7 Å². The maximum Gasteiger partial charge on any atom is 0.251 e. The van der Waals surface area contributed by atoms with Gasteiger partial charge in [-0.05, 0) is 43.3 Å². The zero-order valence-corrected chi connectivity index (χ0v) is 16.6. The van der Waals surface area contributed by atoms with Gasteiger partial charge in [0.2, 0.25) is 15.9 Å². The maximum atomic E-state index is 13.2. The molecule has 1 unspecified atom stereocenters. The van der Waals surface area contributed by atoms with Crippen LogP contribution in [0.4, 0.5) is 17.1 Å². The van der Waals surface area contributed by atoms with E-state index in [9.17, 15) is 18.0 Å². The highest BCUT2D eigenvalue weighted by Crippen LogP contribution is 2.31. The number of rotatable bonds is 5. The minimum absolute atomic E-state index is 0.180. The summed E-state index contributed by atoms with van der Waals surface area (Å²) in [7, 11) is -2.26. The Hall–Kier alpha value is -3.07. The molecule has 3 rings (SSSR count). The summed E-state index contributed by atoms with van der Waals surface area (Å²) >= 11 is 0. The first-order valence-electron chi connectivity index (χ1n) is 8.56. The number of hydrogen-bond acceptors (Lipinski definition) is 5. The maximum absolute atomic E-state index is 13.2. The summed E-state index contributed by atoms with van der Waals surface area (Å²) in [6.45, 7) is 1.32. The minimum Gasteiger partial charge on any atom is -0.497 e. The Morgan fingerprint density at radius 1 is 1.18 bits per heavy atom. The first-order chi connectivity index (χ1) is 13.2. The second kappa shape index (κ2) is 7.51. The monoisotopic (exact) mass is 403 g/mol. The van der Waals surface area contributed by atoms with E-state index in [4.69, 9.17) is 4.74 Å². The van der Waals surface area contributed by atoms with Crippen molar-refractivity contribution in [2.75, 3.05) is 34.4 Å². The SMILES string of the molecule is COc1ccc(N(C(C)C(=O)N2CC(=O)Nc3ccccc32)S(C)(=O)=O)cc1. The van der Waals surface area contributed by atoms with Crippen molar-refractivity contribution >= 4 is 38.9 Å². The van der Waals surface area contributed by atoms with Crippen molar-refractivity contribution in [3.63, 3.8) is 0 Å². The molecule has 28 heavy (non-hydrogen) atoms. The van der Waals surface area contributed by atoms with Crippen LogP contribution in [0.2, 0.25) is 0 Å². The van der Waals surface area contributed by atoms with Crippen LogP contribution < -0.4 is 19.3 Å². The molecule has 8 nitrogen and oxygen atoms in total. The van der Waals surface area contributed by atoms with Gasteiger partial charge in [-0.2, -0.15) is 0 Å². The summed E-state index contributed by atoms with van der Waals surface area (Å²) in [5.41, 5.74) is 1.37. The summed E-state index contributed by atoms with van der Waals surface area (Å²) in [5.74, 6) is -0.268. The van der Waals surface area contributed by atoms with Crippen LogP contribution >= 0.6 is 0 Å². The number of amides is 2. The number of carbonyl (C=O) groups is 2. The molecule has 0 fully saturated rings. The van der Waals surface area contributed by atoms with Gasteiger partial charge in [-0.15, -0.1) is 0 Å². The molecule has 1 aliphatic heterocycles. The minimum atomic E-state index is -3.77. The number of sulfonamides is 1. The molecule has 1 atom stereocenters. The lowest BCUT2D eigenvalue weighted by atomic mass is 10.1. The number of ether oxygens (including phenoxy) is 1. The molecule has 0 bridgehead atoms. The molecule has 0 aliphatic carbocycles. The Morgan fingerprint density at radius 3 is 2.43 bits per heavy atom. The molecule has 1 N–H and O–H groups in total. The Kier molecular flexibility index (Phi) is 5.28. The van der Waals surface area contributed by atoms with Gasteiger partial charge in [0.05, 0.1) is 30.4 Å². The number of nitrogens with zero attached hydrogens (tertiary/aromatic N) is 2. The standard InChI is InChI=1S/C19H21N3O5S/c1-13(22(28(3,25)26)14-8-10-15(27-2)11-9-14)19(24)21-12-18(23)20-16-6-4-5-7-17(16)21/h4-11,13H,12H2,1-3H3,(H,20,23). The summed E-state index contributed by atoms with van der Waals surface area (Å²) in [4.78, 5) is 26.5. The van der Waals surface area contributed by atoms with Gasteiger partial charge in [-0.1, -0.05) is 12.1 Å². The quantitative estimate of drug-likeness (QED) is 0.822. The molecule has 0 spiro atoms. The molecule has 0 radical (unpaired) electrons. The molecule has 148 valence electrons. The van der Waals surface area contributed by atoms with Gasteiger partial charge in [0, 0.05) is 0 Å². The number of fused-ring (bicyclic) bond motifs is 1. The second-order valence-electron chi connectivity index (χ2n) is 6.42. The van der Waals surface area contributed by atoms with Crippen molar-refractivity contribution in [2.45, 2.75) is 13.0 Å². The molecular formula is C19H21N3O5S. The number of hydrogen-bond donors (Lipinski definition) is 1. The van der Waals surface area contributed by atoms with E-state index >= 15 is 0 Å². The lowest BCUT2D eigenvalue weighted by molar-refractivity contribution is -0.122. The lowest BCUT2D eigenvalue weighted by Gasteiger charge is -2.35. The van der Waals surface area contributed by atoms with Crippen LogP contribution in [0.15, 0.2) is 48.5 Å². The van der Waals surface area contributed by atoms with Crippen LogP contribution in [0.1, 0.15) is 6.92 Å². The van der Waals surface area contributed by atoms with E-state index in [1.165, 1.54) is 18.9 Å². The van der Waals surface area contributed by atoms with Crippen LogP contribution in [0.5, 0.6) is 5.75 Å². The highest BCUT2D eigenvalue weighted by Gasteiger charge is 2.35. The smallest absolute Gasteiger partial charge is 0.251 e. The largest absolute Gasteiger partial charge is 0.497 e. The molecular weight excluding hydrogens is 382 g/mol. The molecule has 0 aromatic heterocycles. The molecule has 0 saturated heterocycles. The molecule has 1 heterocycles. The topological polar surface area (TPSA) is 96.0 Å². The number of carbonyl (C=O) groups excluding carboxylic acids is 2.